The van der Waals surface area contributed by atoms with Crippen LogP contribution in [0.15, 0.2) is 30.6 Å². The molecule has 0 spiro atoms. The van der Waals surface area contributed by atoms with Gasteiger partial charge in [0.05, 0.1) is 37.6 Å². The lowest BCUT2D eigenvalue weighted by atomic mass is 9.87. The molecule has 1 aromatic carbocycles. The third kappa shape index (κ3) is 5.53. The van der Waals surface area contributed by atoms with E-state index in [-0.39, 0.29) is 34.3 Å². The van der Waals surface area contributed by atoms with Gasteiger partial charge in [-0.1, -0.05) is 18.5 Å². The van der Waals surface area contributed by atoms with Crippen LogP contribution in [-0.2, 0) is 13.2 Å². The fraction of sp³-hybridized carbons (Fsp3) is 0.429. The number of anilines is 1. The Labute approximate surface area is 206 Å². The molecule has 2 aromatic heterocycles. The van der Waals surface area contributed by atoms with Crippen LogP contribution in [0.2, 0.25) is 5.02 Å². The fourth-order valence-corrected chi connectivity index (χ4v) is 4.26. The zero-order chi connectivity index (χ0) is 26.3. The van der Waals surface area contributed by atoms with Crippen LogP contribution in [-0.4, -0.2) is 66.0 Å². The Kier molecular flexibility index (Phi) is 6.82. The molecule has 1 fully saturated rings. The molecule has 0 aliphatic carbocycles. The van der Waals surface area contributed by atoms with Crippen LogP contribution in [0.5, 0.6) is 0 Å². The van der Waals surface area contributed by atoms with Gasteiger partial charge in [0.15, 0.2) is 5.69 Å². The molecule has 3 heterocycles. The predicted molar refractivity (Wildman–Crippen MR) is 118 cm³/mol. The van der Waals surface area contributed by atoms with Gasteiger partial charge in [-0.2, -0.15) is 18.0 Å². The number of nitrogens with one attached hydrogen (secondary N) is 1. The molecule has 9 nitrogen and oxygen atoms in total. The minimum Gasteiger partial charge on any atom is -0.367 e. The summed E-state index contributed by atoms with van der Waals surface area (Å²) in [6, 6.07) is 3.62. The van der Waals surface area contributed by atoms with Gasteiger partial charge in [0.25, 0.3) is 11.8 Å². The van der Waals surface area contributed by atoms with E-state index in [1.54, 1.807) is 6.92 Å². The van der Waals surface area contributed by atoms with Gasteiger partial charge >= 0.3 is 6.18 Å². The van der Waals surface area contributed by atoms with Crippen molar-refractivity contribution in [2.45, 2.75) is 31.5 Å². The number of aryl methyl sites for hydroxylation is 1. The number of likely N-dealkylation sites (tertiary alicyclic amines) is 1. The van der Waals surface area contributed by atoms with Crippen molar-refractivity contribution in [3.8, 4) is 11.4 Å². The Morgan fingerprint density at radius 1 is 1.25 bits per heavy atom. The summed E-state index contributed by atoms with van der Waals surface area (Å²) in [6.45, 7) is 0.657. The summed E-state index contributed by atoms with van der Waals surface area (Å²) in [5, 5.41) is 14.7. The van der Waals surface area contributed by atoms with E-state index in [9.17, 15) is 26.7 Å². The van der Waals surface area contributed by atoms with Crippen molar-refractivity contribution in [3.63, 3.8) is 0 Å². The summed E-state index contributed by atoms with van der Waals surface area (Å²) >= 11 is 6.11. The number of aromatic nitrogens is 6. The van der Waals surface area contributed by atoms with Gasteiger partial charge in [-0.15, -0.1) is 10.2 Å². The second kappa shape index (κ2) is 9.56. The van der Waals surface area contributed by atoms with Crippen molar-refractivity contribution >= 4 is 23.3 Å². The Morgan fingerprint density at radius 3 is 2.61 bits per heavy atom. The van der Waals surface area contributed by atoms with Crippen molar-refractivity contribution < 1.29 is 26.7 Å². The highest BCUT2D eigenvalue weighted by Gasteiger charge is 2.46. The maximum atomic E-state index is 14.6. The van der Waals surface area contributed by atoms with Gasteiger partial charge in [0.2, 0.25) is 5.82 Å². The molecule has 2 unspecified atom stereocenters. The van der Waals surface area contributed by atoms with E-state index in [0.29, 0.717) is 6.20 Å². The lowest BCUT2D eigenvalue weighted by Gasteiger charge is -2.43. The summed E-state index contributed by atoms with van der Waals surface area (Å²) in [5.74, 6) is -4.42. The molecule has 192 valence electrons. The van der Waals surface area contributed by atoms with Crippen molar-refractivity contribution in [2.24, 2.45) is 13.0 Å². The molecule has 1 aliphatic rings. The number of alkyl halides is 5. The highest BCUT2D eigenvalue weighted by atomic mass is 35.5. The van der Waals surface area contributed by atoms with E-state index in [1.807, 2.05) is 0 Å². The third-order valence-corrected chi connectivity index (χ3v) is 5.97. The van der Waals surface area contributed by atoms with Crippen LogP contribution in [0.1, 0.15) is 29.4 Å². The largest absolute Gasteiger partial charge is 0.434 e. The van der Waals surface area contributed by atoms with Crippen LogP contribution < -0.4 is 5.32 Å². The monoisotopic (exact) mass is 530 g/mol. The van der Waals surface area contributed by atoms with Crippen molar-refractivity contribution in [1.29, 1.82) is 0 Å². The van der Waals surface area contributed by atoms with E-state index in [0.717, 1.165) is 11.1 Å². The van der Waals surface area contributed by atoms with Gasteiger partial charge in [-0.05, 0) is 29.3 Å². The van der Waals surface area contributed by atoms with E-state index < -0.39 is 48.6 Å². The fourth-order valence-electron chi connectivity index (χ4n) is 4.09. The minimum atomic E-state index is -4.65. The number of nitrogens with zero attached hydrogens (tertiary/aromatic N) is 7. The van der Waals surface area contributed by atoms with E-state index >= 15 is 0 Å². The number of amides is 1. The molecule has 4 rings (SSSR count). The van der Waals surface area contributed by atoms with Crippen LogP contribution in [0.3, 0.4) is 0 Å². The molecular formula is C21H20ClF5N8O. The highest BCUT2D eigenvalue weighted by Crippen LogP contribution is 2.36. The normalized spacial score (nSPS) is 19.8. The first-order valence-corrected chi connectivity index (χ1v) is 11.1. The number of halogens is 6. The number of carbonyl (C=O) groups is 1. The second-order valence-electron chi connectivity index (χ2n) is 8.50. The molecule has 0 saturated carbocycles. The molecule has 1 saturated heterocycles. The van der Waals surface area contributed by atoms with Crippen LogP contribution >= 0.6 is 11.6 Å². The smallest absolute Gasteiger partial charge is 0.367 e. The van der Waals surface area contributed by atoms with E-state index in [2.05, 4.69) is 30.7 Å². The Balaban J connectivity index is 1.63. The maximum Gasteiger partial charge on any atom is 0.434 e. The van der Waals surface area contributed by atoms with Gasteiger partial charge in [-0.3, -0.25) is 4.79 Å². The Bertz CT molecular complexity index is 1250. The molecule has 1 N–H and O–H groups in total. The standard InChI is InChI=1S/C21H20ClF5N8O/c1-11-6-20(23,24)10-35(15(11)7-29-17-9-28-16(8-30-17)21(25,26)27)19(36)14-5-12(22)3-4-13(14)18-31-33-34(2)32-18/h3-5,8-9,11,15H,6-7,10H2,1-2H3,(H,29,30). The zero-order valence-corrected chi connectivity index (χ0v) is 19.7. The second-order valence-corrected chi connectivity index (χ2v) is 8.93. The summed E-state index contributed by atoms with van der Waals surface area (Å²) in [5.41, 5.74) is -0.888. The molecule has 0 radical (unpaired) electrons. The average Bonchev–Trinajstić information content (AvgIpc) is 3.22. The van der Waals surface area contributed by atoms with E-state index in [4.69, 9.17) is 11.6 Å². The number of piperidine rings is 1. The van der Waals surface area contributed by atoms with Crippen molar-refractivity contribution in [1.82, 2.24) is 35.1 Å². The molecule has 15 heteroatoms. The van der Waals surface area contributed by atoms with Crippen molar-refractivity contribution in [3.05, 3.63) is 46.9 Å². The summed E-state index contributed by atoms with van der Waals surface area (Å²) in [4.78, 5) is 22.9. The van der Waals surface area contributed by atoms with Gasteiger partial charge < -0.3 is 10.2 Å². The lowest BCUT2D eigenvalue weighted by molar-refractivity contribution is -0.141. The van der Waals surface area contributed by atoms with Crippen LogP contribution in [0.4, 0.5) is 27.8 Å². The molecule has 0 bridgehead atoms. The number of carbonyl (C=O) groups excluding carboxylic acids is 1. The summed E-state index contributed by atoms with van der Waals surface area (Å²) in [7, 11) is 1.53. The number of rotatable bonds is 5. The number of benzene rings is 1. The predicted octanol–water partition coefficient (Wildman–Crippen LogP) is 3.94. The maximum absolute atomic E-state index is 14.6. The van der Waals surface area contributed by atoms with Crippen LogP contribution in [0, 0.1) is 5.92 Å². The summed E-state index contributed by atoms with van der Waals surface area (Å²) in [6.07, 6.45) is -3.66. The van der Waals surface area contributed by atoms with Crippen molar-refractivity contribution in [2.75, 3.05) is 18.4 Å². The highest BCUT2D eigenvalue weighted by molar-refractivity contribution is 6.31. The van der Waals surface area contributed by atoms with Gasteiger partial charge in [0.1, 0.15) is 5.82 Å². The van der Waals surface area contributed by atoms with Gasteiger partial charge in [-0.25, -0.2) is 18.7 Å². The zero-order valence-electron chi connectivity index (χ0n) is 19.0. The molecule has 1 amide bonds. The molecule has 1 aliphatic heterocycles. The molecule has 3 aromatic rings. The molecule has 2 atom stereocenters. The van der Waals surface area contributed by atoms with Gasteiger partial charge in [0, 0.05) is 23.6 Å². The average molecular weight is 531 g/mol. The SMILES string of the molecule is CC1CC(F)(F)CN(C(=O)c2cc(Cl)ccc2-c2nnn(C)n2)C1CNc1cnc(C(F)(F)F)cn1. The first-order valence-electron chi connectivity index (χ1n) is 10.7. The molecular weight excluding hydrogens is 511 g/mol. The summed E-state index contributed by atoms with van der Waals surface area (Å²) < 4.78 is 67.4. The number of hydrogen-bond acceptors (Lipinski definition) is 7. The third-order valence-electron chi connectivity index (χ3n) is 5.74. The quantitative estimate of drug-likeness (QED) is 0.499. The number of tetrazole rings is 1. The Hall–Kier alpha value is -3.42. The first kappa shape index (κ1) is 25.7. The number of hydrogen-bond donors (Lipinski definition) is 1. The minimum absolute atomic E-state index is 0.00661. The van der Waals surface area contributed by atoms with Crippen LogP contribution in [0.25, 0.3) is 11.4 Å². The lowest BCUT2D eigenvalue weighted by Crippen LogP contribution is -2.57. The first-order chi connectivity index (χ1) is 16.8. The topological polar surface area (TPSA) is 102 Å². The Morgan fingerprint density at radius 2 is 2.00 bits per heavy atom. The van der Waals surface area contributed by atoms with E-state index in [1.165, 1.54) is 30.0 Å². The molecule has 36 heavy (non-hydrogen) atoms.